The Hall–Kier alpha value is -2.16. The molecule has 23 heavy (non-hydrogen) atoms. The summed E-state index contributed by atoms with van der Waals surface area (Å²) in [5.74, 6) is -1.14. The lowest BCUT2D eigenvalue weighted by atomic mass is 9.86. The second-order valence-corrected chi connectivity index (χ2v) is 6.36. The van der Waals surface area contributed by atoms with E-state index in [0.29, 0.717) is 35.8 Å². The maximum absolute atomic E-state index is 12.0. The van der Waals surface area contributed by atoms with E-state index in [9.17, 15) is 19.7 Å². The molecule has 1 fully saturated rings. The molecule has 0 unspecified atom stereocenters. The Kier molecular flexibility index (Phi) is 5.54. The van der Waals surface area contributed by atoms with Crippen LogP contribution < -0.4 is 10.6 Å². The number of carbonyl (C=O) groups is 2. The number of nitrogens with zero attached hydrogens (tertiary/aromatic N) is 1. The van der Waals surface area contributed by atoms with Gasteiger partial charge in [0, 0.05) is 22.6 Å². The van der Waals surface area contributed by atoms with Crippen LogP contribution in [0.25, 0.3) is 0 Å². The van der Waals surface area contributed by atoms with E-state index in [4.69, 9.17) is 5.11 Å². The van der Waals surface area contributed by atoms with E-state index in [-0.39, 0.29) is 17.6 Å². The predicted octanol–water partition coefficient (Wildman–Crippen LogP) is 3.12. The van der Waals surface area contributed by atoms with Gasteiger partial charge < -0.3 is 15.7 Å². The van der Waals surface area contributed by atoms with Gasteiger partial charge in [0.25, 0.3) is 5.69 Å². The van der Waals surface area contributed by atoms with Gasteiger partial charge in [-0.2, -0.15) is 0 Å². The van der Waals surface area contributed by atoms with Gasteiger partial charge in [-0.3, -0.25) is 14.9 Å². The highest BCUT2D eigenvalue weighted by Crippen LogP contribution is 2.26. The van der Waals surface area contributed by atoms with E-state index in [1.165, 1.54) is 12.1 Å². The van der Waals surface area contributed by atoms with Crippen molar-refractivity contribution in [2.24, 2.45) is 5.92 Å². The van der Waals surface area contributed by atoms with Crippen molar-refractivity contribution in [1.82, 2.24) is 5.32 Å². The van der Waals surface area contributed by atoms with Crippen LogP contribution in [0.15, 0.2) is 22.7 Å². The molecule has 124 valence electrons. The molecule has 1 aliphatic rings. The normalized spacial score (nSPS) is 20.6. The van der Waals surface area contributed by atoms with Crippen molar-refractivity contribution in [2.75, 3.05) is 5.32 Å². The Balaban J connectivity index is 1.90. The smallest absolute Gasteiger partial charge is 0.319 e. The first-order valence-electron chi connectivity index (χ1n) is 7.10. The third-order valence-corrected chi connectivity index (χ3v) is 4.22. The van der Waals surface area contributed by atoms with Gasteiger partial charge in [0.2, 0.25) is 0 Å². The number of hydrogen-bond acceptors (Lipinski definition) is 4. The second-order valence-electron chi connectivity index (χ2n) is 5.44. The first-order chi connectivity index (χ1) is 10.8. The molecule has 0 aliphatic heterocycles. The van der Waals surface area contributed by atoms with Crippen molar-refractivity contribution in [3.63, 3.8) is 0 Å². The largest absolute Gasteiger partial charge is 0.481 e. The number of carboxylic acids is 1. The number of rotatable bonds is 4. The molecule has 0 heterocycles. The fraction of sp³-hybridized carbons (Fsp3) is 0.429. The lowest BCUT2D eigenvalue weighted by molar-refractivity contribution is -0.384. The fourth-order valence-corrected chi connectivity index (χ4v) is 3.07. The van der Waals surface area contributed by atoms with Crippen molar-refractivity contribution >= 4 is 39.3 Å². The van der Waals surface area contributed by atoms with Gasteiger partial charge in [0.05, 0.1) is 16.5 Å². The summed E-state index contributed by atoms with van der Waals surface area (Å²) in [6.45, 7) is 0. The minimum Gasteiger partial charge on any atom is -0.481 e. The average Bonchev–Trinajstić information content (AvgIpc) is 2.46. The molecule has 8 nitrogen and oxygen atoms in total. The number of halogens is 1. The molecule has 9 heteroatoms. The quantitative estimate of drug-likeness (QED) is 0.542. The topological polar surface area (TPSA) is 122 Å². The SMILES string of the molecule is O=C(Nc1cc(Br)cc([N+](=O)[O-])c1)NC1CCC(C(=O)O)CC1. The molecule has 0 radical (unpaired) electrons. The number of amides is 2. The van der Waals surface area contributed by atoms with E-state index < -0.39 is 16.9 Å². The van der Waals surface area contributed by atoms with Gasteiger partial charge >= 0.3 is 12.0 Å². The predicted molar refractivity (Wildman–Crippen MR) is 86.3 cm³/mol. The Labute approximate surface area is 140 Å². The molecule has 1 saturated carbocycles. The van der Waals surface area contributed by atoms with Gasteiger partial charge in [-0.15, -0.1) is 0 Å². The van der Waals surface area contributed by atoms with Crippen molar-refractivity contribution in [3.8, 4) is 0 Å². The highest BCUT2D eigenvalue weighted by Gasteiger charge is 2.26. The van der Waals surface area contributed by atoms with E-state index in [0.717, 1.165) is 0 Å². The average molecular weight is 386 g/mol. The zero-order valence-corrected chi connectivity index (χ0v) is 13.7. The monoisotopic (exact) mass is 385 g/mol. The summed E-state index contributed by atoms with van der Waals surface area (Å²) in [6.07, 6.45) is 2.26. The highest BCUT2D eigenvalue weighted by molar-refractivity contribution is 9.10. The summed E-state index contributed by atoms with van der Waals surface area (Å²) in [5, 5.41) is 25.1. The molecule has 2 amide bonds. The van der Waals surface area contributed by atoms with Gasteiger partial charge in [0.1, 0.15) is 0 Å². The first kappa shape index (κ1) is 17.2. The molecular weight excluding hydrogens is 370 g/mol. The van der Waals surface area contributed by atoms with E-state index >= 15 is 0 Å². The van der Waals surface area contributed by atoms with Crippen LogP contribution in [-0.2, 0) is 4.79 Å². The highest BCUT2D eigenvalue weighted by atomic mass is 79.9. The third kappa shape index (κ3) is 4.92. The zero-order valence-electron chi connectivity index (χ0n) is 12.1. The summed E-state index contributed by atoms with van der Waals surface area (Å²) in [7, 11) is 0. The Bertz CT molecular complexity index is 629. The number of anilines is 1. The number of carboxylic acid groups (broad SMARTS) is 1. The number of benzene rings is 1. The summed E-state index contributed by atoms with van der Waals surface area (Å²) >= 11 is 3.16. The van der Waals surface area contributed by atoms with Crippen LogP contribution in [0.2, 0.25) is 0 Å². The Morgan fingerprint density at radius 2 is 1.87 bits per heavy atom. The van der Waals surface area contributed by atoms with Gasteiger partial charge in [0.15, 0.2) is 0 Å². The molecule has 0 bridgehead atoms. The molecule has 0 aromatic heterocycles. The van der Waals surface area contributed by atoms with Gasteiger partial charge in [-0.25, -0.2) is 4.79 Å². The van der Waals surface area contributed by atoms with Crippen molar-refractivity contribution in [1.29, 1.82) is 0 Å². The number of nitro groups is 1. The van der Waals surface area contributed by atoms with E-state index in [1.54, 1.807) is 6.07 Å². The molecule has 0 atom stereocenters. The first-order valence-corrected chi connectivity index (χ1v) is 7.89. The van der Waals surface area contributed by atoms with Crippen LogP contribution in [0.4, 0.5) is 16.2 Å². The molecule has 0 spiro atoms. The number of hydrogen-bond donors (Lipinski definition) is 3. The standard InChI is InChI=1S/C14H16BrN3O5/c15-9-5-11(7-12(6-9)18(22)23)17-14(21)16-10-3-1-8(2-4-10)13(19)20/h5-8,10H,1-4H2,(H,19,20)(H2,16,17,21). The third-order valence-electron chi connectivity index (χ3n) is 3.76. The summed E-state index contributed by atoms with van der Waals surface area (Å²) in [5.41, 5.74) is 0.180. The lowest BCUT2D eigenvalue weighted by Crippen LogP contribution is -2.40. The van der Waals surface area contributed by atoms with Crippen molar-refractivity contribution in [2.45, 2.75) is 31.7 Å². The number of non-ortho nitro benzene ring substituents is 1. The van der Waals surface area contributed by atoms with Crippen LogP contribution >= 0.6 is 15.9 Å². The molecule has 1 aliphatic carbocycles. The number of carbonyl (C=O) groups excluding carboxylic acids is 1. The summed E-state index contributed by atoms with van der Waals surface area (Å²) < 4.78 is 0.490. The Morgan fingerprint density at radius 1 is 1.22 bits per heavy atom. The molecule has 1 aromatic carbocycles. The maximum Gasteiger partial charge on any atom is 0.319 e. The summed E-state index contributed by atoms with van der Waals surface area (Å²) in [6, 6.07) is 3.62. The number of nitrogens with one attached hydrogen (secondary N) is 2. The molecule has 1 aromatic rings. The number of nitro benzene ring substituents is 1. The lowest BCUT2D eigenvalue weighted by Gasteiger charge is -2.26. The molecule has 0 saturated heterocycles. The summed E-state index contributed by atoms with van der Waals surface area (Å²) in [4.78, 5) is 33.1. The molecular formula is C14H16BrN3O5. The minimum atomic E-state index is -0.797. The van der Waals surface area contributed by atoms with Crippen LogP contribution in [0.1, 0.15) is 25.7 Å². The van der Waals surface area contributed by atoms with Crippen LogP contribution in [0.5, 0.6) is 0 Å². The Morgan fingerprint density at radius 3 is 2.43 bits per heavy atom. The molecule has 2 rings (SSSR count). The maximum atomic E-state index is 12.0. The fourth-order valence-electron chi connectivity index (χ4n) is 2.59. The van der Waals surface area contributed by atoms with Crippen LogP contribution in [0.3, 0.4) is 0 Å². The second kappa shape index (κ2) is 7.40. The van der Waals surface area contributed by atoms with Crippen LogP contribution in [-0.4, -0.2) is 28.1 Å². The van der Waals surface area contributed by atoms with Crippen molar-refractivity contribution < 1.29 is 19.6 Å². The zero-order chi connectivity index (χ0) is 17.0. The van der Waals surface area contributed by atoms with Gasteiger partial charge in [-0.05, 0) is 31.7 Å². The molecule has 3 N–H and O–H groups in total. The number of aliphatic carboxylic acids is 1. The van der Waals surface area contributed by atoms with E-state index in [1.807, 2.05) is 0 Å². The minimum absolute atomic E-state index is 0.0901. The van der Waals surface area contributed by atoms with Gasteiger partial charge in [-0.1, -0.05) is 15.9 Å². The van der Waals surface area contributed by atoms with Crippen molar-refractivity contribution in [3.05, 3.63) is 32.8 Å². The van der Waals surface area contributed by atoms with Crippen LogP contribution in [0, 0.1) is 16.0 Å². The van der Waals surface area contributed by atoms with E-state index in [2.05, 4.69) is 26.6 Å². The number of urea groups is 1.